The summed E-state index contributed by atoms with van der Waals surface area (Å²) in [6.45, 7) is 2.64. The van der Waals surface area contributed by atoms with Crippen molar-refractivity contribution in [3.63, 3.8) is 0 Å². The molecule has 0 saturated carbocycles. The van der Waals surface area contributed by atoms with Crippen LogP contribution in [0.1, 0.15) is 13.3 Å². The molecule has 74 valence electrons. The lowest BCUT2D eigenvalue weighted by molar-refractivity contribution is 0.502. The first kappa shape index (κ1) is 8.87. The van der Waals surface area contributed by atoms with E-state index in [0.29, 0.717) is 23.3 Å². The number of aryl methyl sites for hydroxylation is 1. The average molecular weight is 192 g/mol. The Kier molecular flexibility index (Phi) is 2.04. The molecule has 0 unspecified atom stereocenters. The number of aromatic nitrogens is 1. The molecule has 0 aliphatic heterocycles. The van der Waals surface area contributed by atoms with Gasteiger partial charge in [-0.25, -0.2) is 4.79 Å². The molecule has 14 heavy (non-hydrogen) atoms. The number of para-hydroxylation sites is 1. The van der Waals surface area contributed by atoms with Gasteiger partial charge in [0.15, 0.2) is 5.58 Å². The summed E-state index contributed by atoms with van der Waals surface area (Å²) in [5.74, 6) is -0.334. The van der Waals surface area contributed by atoms with Crippen LogP contribution in [0.5, 0.6) is 0 Å². The first-order valence-corrected chi connectivity index (χ1v) is 4.62. The monoisotopic (exact) mass is 192 g/mol. The van der Waals surface area contributed by atoms with Crippen LogP contribution in [-0.4, -0.2) is 4.57 Å². The van der Waals surface area contributed by atoms with Gasteiger partial charge in [0.05, 0.1) is 5.69 Å². The van der Waals surface area contributed by atoms with Crippen LogP contribution in [-0.2, 0) is 6.54 Å². The highest BCUT2D eigenvalue weighted by Crippen LogP contribution is 2.19. The molecule has 1 heterocycles. The van der Waals surface area contributed by atoms with Crippen LogP contribution >= 0.6 is 0 Å². The third-order valence-corrected chi connectivity index (χ3v) is 2.16. The van der Waals surface area contributed by atoms with E-state index in [2.05, 4.69) is 0 Å². The van der Waals surface area contributed by atoms with Gasteiger partial charge in [0.2, 0.25) is 0 Å². The Labute approximate surface area is 80.9 Å². The van der Waals surface area contributed by atoms with Gasteiger partial charge in [-0.3, -0.25) is 4.57 Å². The highest BCUT2D eigenvalue weighted by Gasteiger charge is 2.09. The number of nitrogens with two attached hydrogens (primary N) is 1. The van der Waals surface area contributed by atoms with Crippen molar-refractivity contribution in [3.8, 4) is 0 Å². The smallest absolute Gasteiger partial charge is 0.408 e. The summed E-state index contributed by atoms with van der Waals surface area (Å²) in [4.78, 5) is 11.4. The highest BCUT2D eigenvalue weighted by molar-refractivity contribution is 5.85. The summed E-state index contributed by atoms with van der Waals surface area (Å²) in [5, 5.41) is 0. The molecule has 0 spiro atoms. The Bertz CT molecular complexity index is 510. The Morgan fingerprint density at radius 3 is 3.00 bits per heavy atom. The fraction of sp³-hybridized carbons (Fsp3) is 0.300. The topological polar surface area (TPSA) is 61.2 Å². The van der Waals surface area contributed by atoms with Gasteiger partial charge in [-0.1, -0.05) is 13.0 Å². The maximum absolute atomic E-state index is 11.4. The summed E-state index contributed by atoms with van der Waals surface area (Å²) < 4.78 is 6.63. The minimum absolute atomic E-state index is 0.334. The van der Waals surface area contributed by atoms with Crippen LogP contribution in [0, 0.1) is 0 Å². The molecule has 0 radical (unpaired) electrons. The lowest BCUT2D eigenvalue weighted by Gasteiger charge is -2.00. The fourth-order valence-corrected chi connectivity index (χ4v) is 1.58. The molecule has 0 bridgehead atoms. The maximum Gasteiger partial charge on any atom is 0.420 e. The van der Waals surface area contributed by atoms with E-state index >= 15 is 0 Å². The van der Waals surface area contributed by atoms with E-state index < -0.39 is 0 Å². The van der Waals surface area contributed by atoms with Gasteiger partial charge >= 0.3 is 5.76 Å². The molecule has 0 amide bonds. The molecular weight excluding hydrogens is 180 g/mol. The lowest BCUT2D eigenvalue weighted by Crippen LogP contribution is -2.14. The number of rotatable bonds is 2. The van der Waals surface area contributed by atoms with Gasteiger partial charge in [-0.05, 0) is 18.6 Å². The predicted octanol–water partition coefficient (Wildman–Crippen LogP) is 1.59. The van der Waals surface area contributed by atoms with Crippen molar-refractivity contribution >= 4 is 16.8 Å². The van der Waals surface area contributed by atoms with Crippen molar-refractivity contribution in [2.24, 2.45) is 0 Å². The number of hydrogen-bond acceptors (Lipinski definition) is 3. The number of nitrogen functional groups attached to an aromatic ring is 1. The van der Waals surface area contributed by atoms with Crippen LogP contribution in [0.3, 0.4) is 0 Å². The van der Waals surface area contributed by atoms with E-state index in [1.807, 2.05) is 6.92 Å². The summed E-state index contributed by atoms with van der Waals surface area (Å²) in [6.07, 6.45) is 0.878. The predicted molar refractivity (Wildman–Crippen MR) is 55.2 cm³/mol. The van der Waals surface area contributed by atoms with Gasteiger partial charge in [0.1, 0.15) is 5.52 Å². The second-order valence-electron chi connectivity index (χ2n) is 3.21. The summed E-state index contributed by atoms with van der Waals surface area (Å²) in [6, 6.07) is 5.29. The van der Waals surface area contributed by atoms with E-state index in [0.717, 1.165) is 6.42 Å². The number of oxazole rings is 1. The molecule has 2 N–H and O–H groups in total. The van der Waals surface area contributed by atoms with E-state index in [1.54, 1.807) is 22.8 Å². The third-order valence-electron chi connectivity index (χ3n) is 2.16. The molecule has 2 aromatic rings. The zero-order valence-electron chi connectivity index (χ0n) is 7.99. The second-order valence-corrected chi connectivity index (χ2v) is 3.21. The molecular formula is C10H12N2O2. The van der Waals surface area contributed by atoms with Crippen LogP contribution in [0.2, 0.25) is 0 Å². The average Bonchev–Trinajstić information content (AvgIpc) is 2.45. The molecule has 0 aliphatic carbocycles. The zero-order valence-corrected chi connectivity index (χ0v) is 7.99. The number of anilines is 1. The largest absolute Gasteiger partial charge is 0.420 e. The number of nitrogens with zero attached hydrogens (tertiary/aromatic N) is 1. The van der Waals surface area contributed by atoms with Crippen molar-refractivity contribution in [2.75, 3.05) is 5.73 Å². The normalized spacial score (nSPS) is 10.9. The molecule has 1 aromatic heterocycles. The standard InChI is InChI=1S/C10H12N2O2/c1-2-6-12-9-7(11)4-3-5-8(9)14-10(12)13/h3-5H,2,6,11H2,1H3. The van der Waals surface area contributed by atoms with Crippen molar-refractivity contribution < 1.29 is 4.42 Å². The lowest BCUT2D eigenvalue weighted by atomic mass is 10.3. The fourth-order valence-electron chi connectivity index (χ4n) is 1.58. The highest BCUT2D eigenvalue weighted by atomic mass is 16.4. The van der Waals surface area contributed by atoms with E-state index in [4.69, 9.17) is 10.2 Å². The van der Waals surface area contributed by atoms with E-state index in [9.17, 15) is 4.79 Å². The molecule has 4 heteroatoms. The molecule has 2 rings (SSSR count). The van der Waals surface area contributed by atoms with Gasteiger partial charge < -0.3 is 10.2 Å². The van der Waals surface area contributed by atoms with Crippen molar-refractivity contribution in [1.82, 2.24) is 4.57 Å². The molecule has 0 fully saturated rings. The minimum atomic E-state index is -0.334. The van der Waals surface area contributed by atoms with Crippen molar-refractivity contribution in [3.05, 3.63) is 28.7 Å². The third kappa shape index (κ3) is 1.19. The minimum Gasteiger partial charge on any atom is -0.408 e. The quantitative estimate of drug-likeness (QED) is 0.735. The van der Waals surface area contributed by atoms with Gasteiger partial charge in [0, 0.05) is 6.54 Å². The number of fused-ring (bicyclic) bond motifs is 1. The Morgan fingerprint density at radius 1 is 1.50 bits per heavy atom. The van der Waals surface area contributed by atoms with Crippen LogP contribution < -0.4 is 11.5 Å². The summed E-state index contributed by atoms with van der Waals surface area (Å²) >= 11 is 0. The van der Waals surface area contributed by atoms with Gasteiger partial charge in [0.25, 0.3) is 0 Å². The van der Waals surface area contributed by atoms with Crippen LogP contribution in [0.25, 0.3) is 11.1 Å². The SMILES string of the molecule is CCCn1c(=O)oc2cccc(N)c21. The van der Waals surface area contributed by atoms with Crippen LogP contribution in [0.15, 0.2) is 27.4 Å². The summed E-state index contributed by atoms with van der Waals surface area (Å²) in [7, 11) is 0. The Morgan fingerprint density at radius 2 is 2.29 bits per heavy atom. The summed E-state index contributed by atoms with van der Waals surface area (Å²) in [5.41, 5.74) is 7.63. The first-order chi connectivity index (χ1) is 6.74. The molecule has 0 saturated heterocycles. The van der Waals surface area contributed by atoms with Gasteiger partial charge in [-0.2, -0.15) is 0 Å². The second kappa shape index (κ2) is 3.21. The molecule has 1 aromatic carbocycles. The number of hydrogen-bond donors (Lipinski definition) is 1. The van der Waals surface area contributed by atoms with Crippen molar-refractivity contribution in [1.29, 1.82) is 0 Å². The zero-order chi connectivity index (χ0) is 10.1. The Hall–Kier alpha value is -1.71. The van der Waals surface area contributed by atoms with E-state index in [1.165, 1.54) is 0 Å². The number of benzene rings is 1. The molecule has 4 nitrogen and oxygen atoms in total. The molecule has 0 aliphatic rings. The van der Waals surface area contributed by atoms with E-state index in [-0.39, 0.29) is 5.76 Å². The Balaban J connectivity index is 2.79. The van der Waals surface area contributed by atoms with Crippen LogP contribution in [0.4, 0.5) is 5.69 Å². The first-order valence-electron chi connectivity index (χ1n) is 4.62. The van der Waals surface area contributed by atoms with Gasteiger partial charge in [-0.15, -0.1) is 0 Å². The molecule has 0 atom stereocenters. The maximum atomic E-state index is 11.4. The van der Waals surface area contributed by atoms with Crippen molar-refractivity contribution in [2.45, 2.75) is 19.9 Å².